The van der Waals surface area contributed by atoms with Crippen molar-refractivity contribution in [2.75, 3.05) is 0 Å². The molecule has 0 saturated carbocycles. The molecular weight excluding hydrogens is 265 g/mol. The van der Waals surface area contributed by atoms with Crippen molar-refractivity contribution in [1.82, 2.24) is 0 Å². The molecule has 2 rings (SSSR count). The lowest BCUT2D eigenvalue weighted by Crippen LogP contribution is -2.19. The second-order valence-corrected chi connectivity index (χ2v) is 5.24. The first-order valence-corrected chi connectivity index (χ1v) is 7.26. The molecular formula is C18H20FNO. The van der Waals surface area contributed by atoms with E-state index in [1.807, 2.05) is 0 Å². The van der Waals surface area contributed by atoms with Gasteiger partial charge in [0, 0.05) is 18.0 Å². The second kappa shape index (κ2) is 7.10. The average molecular weight is 285 g/mol. The van der Waals surface area contributed by atoms with Gasteiger partial charge in [-0.05, 0) is 42.7 Å². The highest BCUT2D eigenvalue weighted by molar-refractivity contribution is 5.51. The van der Waals surface area contributed by atoms with Crippen LogP contribution < -0.4 is 5.73 Å². The molecule has 21 heavy (non-hydrogen) atoms. The number of hydrogen-bond acceptors (Lipinski definition) is 2. The SMILES string of the molecule is CCCCc1cc(O)ccc1C#CC1=C(F)CC(N)C=C1. The minimum Gasteiger partial charge on any atom is -0.508 e. The zero-order valence-electron chi connectivity index (χ0n) is 12.2. The zero-order valence-corrected chi connectivity index (χ0v) is 12.2. The Kier molecular flexibility index (Phi) is 5.19. The number of phenols is 1. The van der Waals surface area contributed by atoms with Gasteiger partial charge >= 0.3 is 0 Å². The maximum absolute atomic E-state index is 13.8. The monoisotopic (exact) mass is 285 g/mol. The van der Waals surface area contributed by atoms with E-state index in [9.17, 15) is 9.50 Å². The third kappa shape index (κ3) is 4.21. The Bertz CT molecular complexity index is 634. The van der Waals surface area contributed by atoms with Crippen LogP contribution in [0.4, 0.5) is 4.39 Å². The molecule has 0 aromatic heterocycles. The van der Waals surface area contributed by atoms with E-state index >= 15 is 0 Å². The van der Waals surface area contributed by atoms with Crippen LogP contribution in [0.15, 0.2) is 41.8 Å². The molecule has 0 saturated heterocycles. The van der Waals surface area contributed by atoms with Crippen LogP contribution in [0.1, 0.15) is 37.3 Å². The molecule has 3 heteroatoms. The molecule has 0 aliphatic heterocycles. The molecule has 2 nitrogen and oxygen atoms in total. The minimum atomic E-state index is -0.260. The van der Waals surface area contributed by atoms with Crippen molar-refractivity contribution < 1.29 is 9.50 Å². The quantitative estimate of drug-likeness (QED) is 0.834. The normalized spacial score (nSPS) is 17.6. The van der Waals surface area contributed by atoms with Crippen LogP contribution in [-0.2, 0) is 6.42 Å². The summed E-state index contributed by atoms with van der Waals surface area (Å²) in [4.78, 5) is 0. The van der Waals surface area contributed by atoms with Crippen LogP contribution in [0.2, 0.25) is 0 Å². The molecule has 1 aromatic rings. The van der Waals surface area contributed by atoms with E-state index in [1.54, 1.807) is 30.4 Å². The first kappa shape index (κ1) is 15.3. The highest BCUT2D eigenvalue weighted by atomic mass is 19.1. The van der Waals surface area contributed by atoms with Gasteiger partial charge in [-0.15, -0.1) is 0 Å². The Balaban J connectivity index is 2.26. The Labute approximate surface area is 125 Å². The van der Waals surface area contributed by atoms with Gasteiger partial charge in [0.15, 0.2) is 0 Å². The highest BCUT2D eigenvalue weighted by Crippen LogP contribution is 2.21. The van der Waals surface area contributed by atoms with Crippen molar-refractivity contribution in [3.05, 3.63) is 52.9 Å². The smallest absolute Gasteiger partial charge is 0.117 e. The Hall–Kier alpha value is -2.05. The summed E-state index contributed by atoms with van der Waals surface area (Å²) < 4.78 is 13.8. The van der Waals surface area contributed by atoms with E-state index in [2.05, 4.69) is 18.8 Å². The van der Waals surface area contributed by atoms with Crippen LogP contribution in [0.3, 0.4) is 0 Å². The van der Waals surface area contributed by atoms with Gasteiger partial charge in [0.05, 0.1) is 5.57 Å². The standard InChI is InChI=1S/C18H20FNO/c1-2-3-4-15-11-17(21)10-8-13(15)5-6-14-7-9-16(20)12-18(14)19/h7-11,16,21H,2-4,12,20H2,1H3. The number of phenolic OH excluding ortho intramolecular Hbond substituents is 1. The fraction of sp³-hybridized carbons (Fsp3) is 0.333. The van der Waals surface area contributed by atoms with Crippen molar-refractivity contribution in [1.29, 1.82) is 0 Å². The Morgan fingerprint density at radius 1 is 1.38 bits per heavy atom. The van der Waals surface area contributed by atoms with Gasteiger partial charge in [0.2, 0.25) is 0 Å². The van der Waals surface area contributed by atoms with Gasteiger partial charge < -0.3 is 10.8 Å². The van der Waals surface area contributed by atoms with Crippen LogP contribution in [0, 0.1) is 11.8 Å². The molecule has 0 heterocycles. The van der Waals surface area contributed by atoms with Gasteiger partial charge in [0.1, 0.15) is 11.6 Å². The zero-order chi connectivity index (χ0) is 15.2. The molecule has 1 aromatic carbocycles. The summed E-state index contributed by atoms with van der Waals surface area (Å²) >= 11 is 0. The number of hydrogen-bond donors (Lipinski definition) is 2. The summed E-state index contributed by atoms with van der Waals surface area (Å²) in [6, 6.07) is 4.86. The number of benzene rings is 1. The number of nitrogens with two attached hydrogens (primary N) is 1. The molecule has 0 bridgehead atoms. The number of unbranched alkanes of at least 4 members (excludes halogenated alkanes) is 1. The van der Waals surface area contributed by atoms with Crippen LogP contribution in [0.25, 0.3) is 0 Å². The largest absolute Gasteiger partial charge is 0.508 e. The summed E-state index contributed by atoms with van der Waals surface area (Å²) in [7, 11) is 0. The predicted octanol–water partition coefficient (Wildman–Crippen LogP) is 3.60. The fourth-order valence-electron chi connectivity index (χ4n) is 2.22. The molecule has 0 fully saturated rings. The van der Waals surface area contributed by atoms with Crippen molar-refractivity contribution in [3.63, 3.8) is 0 Å². The maximum Gasteiger partial charge on any atom is 0.117 e. The first-order valence-electron chi connectivity index (χ1n) is 7.26. The molecule has 3 N–H and O–H groups in total. The first-order chi connectivity index (χ1) is 10.1. The summed E-state index contributed by atoms with van der Waals surface area (Å²) in [6.45, 7) is 2.12. The van der Waals surface area contributed by atoms with Gasteiger partial charge in [0.25, 0.3) is 0 Å². The Morgan fingerprint density at radius 2 is 2.19 bits per heavy atom. The van der Waals surface area contributed by atoms with Crippen molar-refractivity contribution >= 4 is 0 Å². The molecule has 0 radical (unpaired) electrons. The van der Waals surface area contributed by atoms with Crippen molar-refractivity contribution in [3.8, 4) is 17.6 Å². The fourth-order valence-corrected chi connectivity index (χ4v) is 2.22. The van der Waals surface area contributed by atoms with E-state index in [4.69, 9.17) is 5.73 Å². The summed E-state index contributed by atoms with van der Waals surface area (Å²) in [6.07, 6.45) is 6.58. The molecule has 110 valence electrons. The number of aryl methyl sites for hydroxylation is 1. The topological polar surface area (TPSA) is 46.2 Å². The Morgan fingerprint density at radius 3 is 2.90 bits per heavy atom. The third-order valence-electron chi connectivity index (χ3n) is 3.44. The van der Waals surface area contributed by atoms with E-state index in [-0.39, 0.29) is 24.0 Å². The highest BCUT2D eigenvalue weighted by Gasteiger charge is 2.11. The van der Waals surface area contributed by atoms with Crippen LogP contribution in [-0.4, -0.2) is 11.1 Å². The molecule has 0 amide bonds. The van der Waals surface area contributed by atoms with E-state index in [1.165, 1.54) is 0 Å². The molecule has 1 atom stereocenters. The van der Waals surface area contributed by atoms with Crippen LogP contribution in [0.5, 0.6) is 5.75 Å². The van der Waals surface area contributed by atoms with Crippen molar-refractivity contribution in [2.24, 2.45) is 5.73 Å². The maximum atomic E-state index is 13.8. The average Bonchev–Trinajstić information content (AvgIpc) is 2.45. The van der Waals surface area contributed by atoms with Gasteiger partial charge in [-0.3, -0.25) is 0 Å². The lowest BCUT2D eigenvalue weighted by atomic mass is 10.00. The number of rotatable bonds is 3. The van der Waals surface area contributed by atoms with Gasteiger partial charge in [-0.1, -0.05) is 31.3 Å². The minimum absolute atomic E-state index is 0.207. The molecule has 0 spiro atoms. The number of halogens is 1. The van der Waals surface area contributed by atoms with Crippen LogP contribution >= 0.6 is 0 Å². The molecule has 1 aliphatic rings. The summed E-state index contributed by atoms with van der Waals surface area (Å²) in [5.41, 5.74) is 7.89. The predicted molar refractivity (Wildman–Crippen MR) is 83.5 cm³/mol. The van der Waals surface area contributed by atoms with E-state index in [0.29, 0.717) is 5.57 Å². The molecule has 1 aliphatic carbocycles. The van der Waals surface area contributed by atoms with E-state index in [0.717, 1.165) is 30.4 Å². The molecule has 1 unspecified atom stereocenters. The van der Waals surface area contributed by atoms with Crippen molar-refractivity contribution in [2.45, 2.75) is 38.6 Å². The van der Waals surface area contributed by atoms with Gasteiger partial charge in [-0.25, -0.2) is 4.39 Å². The lowest BCUT2D eigenvalue weighted by molar-refractivity contribution is 0.474. The third-order valence-corrected chi connectivity index (χ3v) is 3.44. The second-order valence-electron chi connectivity index (χ2n) is 5.24. The number of aromatic hydroxyl groups is 1. The summed E-state index contributed by atoms with van der Waals surface area (Å²) in [5, 5.41) is 9.58. The lowest BCUT2D eigenvalue weighted by Gasteiger charge is -2.10. The number of allylic oxidation sites excluding steroid dienone is 2. The van der Waals surface area contributed by atoms with Gasteiger partial charge in [-0.2, -0.15) is 0 Å². The summed E-state index contributed by atoms with van der Waals surface area (Å²) in [5.74, 6) is 5.87. The van der Waals surface area contributed by atoms with E-state index < -0.39 is 0 Å².